The first-order valence-electron chi connectivity index (χ1n) is 9.74. The lowest BCUT2D eigenvalue weighted by Crippen LogP contribution is -2.48. The molecule has 0 radical (unpaired) electrons. The highest BCUT2D eigenvalue weighted by atomic mass is 35.5. The van der Waals surface area contributed by atoms with Crippen molar-refractivity contribution in [3.05, 3.63) is 71.0 Å². The minimum absolute atomic E-state index is 0.0526. The first-order chi connectivity index (χ1) is 15.0. The van der Waals surface area contributed by atoms with E-state index in [0.717, 1.165) is 11.1 Å². The van der Waals surface area contributed by atoms with Crippen molar-refractivity contribution in [2.24, 2.45) is 0 Å². The number of nitrogens with two attached hydrogens (primary N) is 1. The molecule has 1 unspecified atom stereocenters. The van der Waals surface area contributed by atoms with Gasteiger partial charge in [0.1, 0.15) is 29.6 Å². The molecule has 1 aliphatic rings. The highest BCUT2D eigenvalue weighted by Crippen LogP contribution is 2.34. The first kappa shape index (κ1) is 21.0. The molecule has 2 aromatic carbocycles. The number of anilines is 2. The van der Waals surface area contributed by atoms with Gasteiger partial charge in [0.2, 0.25) is 0 Å². The smallest absolute Gasteiger partial charge is 0.142 e. The molecular weight excluding hydrogens is 420 g/mol. The van der Waals surface area contributed by atoms with Crippen molar-refractivity contribution in [3.63, 3.8) is 0 Å². The lowest BCUT2D eigenvalue weighted by atomic mass is 10.0. The van der Waals surface area contributed by atoms with E-state index in [9.17, 15) is 8.78 Å². The summed E-state index contributed by atoms with van der Waals surface area (Å²) in [6, 6.07) is 10.3. The average molecular weight is 440 g/mol. The Morgan fingerprint density at radius 3 is 2.39 bits per heavy atom. The lowest BCUT2D eigenvalue weighted by Gasteiger charge is -2.38. The molecule has 4 rings (SSSR count). The molecule has 1 atom stereocenters. The highest BCUT2D eigenvalue weighted by molar-refractivity contribution is 6.30. The second kappa shape index (κ2) is 8.88. The van der Waals surface area contributed by atoms with Crippen LogP contribution in [0.1, 0.15) is 11.6 Å². The van der Waals surface area contributed by atoms with Gasteiger partial charge in [-0.25, -0.2) is 18.7 Å². The summed E-state index contributed by atoms with van der Waals surface area (Å²) >= 11 is 5.94. The fourth-order valence-corrected chi connectivity index (χ4v) is 4.00. The molecule has 2 N–H and O–H groups in total. The first-order valence-corrected chi connectivity index (χ1v) is 10.1. The third-order valence-electron chi connectivity index (χ3n) is 5.39. The second-order valence-corrected chi connectivity index (χ2v) is 7.64. The predicted molar refractivity (Wildman–Crippen MR) is 119 cm³/mol. The SMILES string of the molecule is C#CC(c1ccc(F)c(Cl)c1)N1CCN(c2ncnc(N)c2-c2ccc(F)cc2)CC1. The van der Waals surface area contributed by atoms with Crippen LogP contribution >= 0.6 is 11.6 Å². The molecule has 0 amide bonds. The standard InChI is InChI=1S/C23H20ClF2N5/c1-2-20(16-5-8-19(26)18(24)13-16)30-9-11-31(12-10-30)23-21(22(27)28-14-29-23)15-3-6-17(25)7-4-15/h1,3-8,13-14,20H,9-12H2,(H2,27,28,29). The summed E-state index contributed by atoms with van der Waals surface area (Å²) < 4.78 is 26.9. The molecule has 1 fully saturated rings. The van der Waals surface area contributed by atoms with Crippen molar-refractivity contribution < 1.29 is 8.78 Å². The Labute approximate surface area is 184 Å². The fourth-order valence-electron chi connectivity index (χ4n) is 3.81. The van der Waals surface area contributed by atoms with Crippen LogP contribution in [0.3, 0.4) is 0 Å². The van der Waals surface area contributed by atoms with Crippen molar-refractivity contribution in [2.45, 2.75) is 6.04 Å². The van der Waals surface area contributed by atoms with Crippen LogP contribution in [0.25, 0.3) is 11.1 Å². The molecule has 158 valence electrons. The second-order valence-electron chi connectivity index (χ2n) is 7.23. The van der Waals surface area contributed by atoms with E-state index in [1.165, 1.54) is 24.5 Å². The van der Waals surface area contributed by atoms with E-state index < -0.39 is 5.82 Å². The monoisotopic (exact) mass is 439 g/mol. The van der Waals surface area contributed by atoms with Crippen molar-refractivity contribution in [1.82, 2.24) is 14.9 Å². The zero-order chi connectivity index (χ0) is 22.0. The summed E-state index contributed by atoms with van der Waals surface area (Å²) in [6.07, 6.45) is 7.22. The van der Waals surface area contributed by atoms with E-state index in [4.69, 9.17) is 23.8 Å². The summed E-state index contributed by atoms with van der Waals surface area (Å²) in [5.74, 6) is 3.02. The van der Waals surface area contributed by atoms with Gasteiger partial charge in [-0.05, 0) is 35.4 Å². The number of rotatable bonds is 4. The van der Waals surface area contributed by atoms with E-state index >= 15 is 0 Å². The zero-order valence-electron chi connectivity index (χ0n) is 16.6. The van der Waals surface area contributed by atoms with Crippen LogP contribution < -0.4 is 10.6 Å². The van der Waals surface area contributed by atoms with Gasteiger partial charge in [0.25, 0.3) is 0 Å². The fraction of sp³-hybridized carbons (Fsp3) is 0.217. The number of terminal acetylenes is 1. The summed E-state index contributed by atoms with van der Waals surface area (Å²) in [7, 11) is 0. The van der Waals surface area contributed by atoms with Crippen molar-refractivity contribution in [2.75, 3.05) is 36.8 Å². The molecule has 1 saturated heterocycles. The van der Waals surface area contributed by atoms with Crippen LogP contribution in [0.5, 0.6) is 0 Å². The maximum absolute atomic E-state index is 13.5. The highest BCUT2D eigenvalue weighted by Gasteiger charge is 2.27. The minimum Gasteiger partial charge on any atom is -0.383 e. The number of halogens is 3. The predicted octanol–water partition coefficient (Wildman–Crippen LogP) is 4.15. The van der Waals surface area contributed by atoms with Gasteiger partial charge in [-0.1, -0.05) is 35.7 Å². The number of hydrogen-bond donors (Lipinski definition) is 1. The normalized spacial score (nSPS) is 15.5. The van der Waals surface area contributed by atoms with Crippen molar-refractivity contribution >= 4 is 23.2 Å². The summed E-state index contributed by atoms with van der Waals surface area (Å²) in [4.78, 5) is 12.8. The number of nitrogen functional groups attached to an aromatic ring is 1. The van der Waals surface area contributed by atoms with Gasteiger partial charge >= 0.3 is 0 Å². The van der Waals surface area contributed by atoms with Gasteiger partial charge in [0.15, 0.2) is 0 Å². The largest absolute Gasteiger partial charge is 0.383 e. The van der Waals surface area contributed by atoms with E-state index in [-0.39, 0.29) is 16.9 Å². The van der Waals surface area contributed by atoms with Crippen LogP contribution in [0.2, 0.25) is 5.02 Å². The van der Waals surface area contributed by atoms with Crippen molar-refractivity contribution in [1.29, 1.82) is 0 Å². The van der Waals surface area contributed by atoms with Crippen LogP contribution in [-0.4, -0.2) is 41.0 Å². The Bertz CT molecular complexity index is 1120. The topological polar surface area (TPSA) is 58.3 Å². The van der Waals surface area contributed by atoms with Gasteiger partial charge < -0.3 is 10.6 Å². The van der Waals surface area contributed by atoms with E-state index in [1.807, 2.05) is 0 Å². The van der Waals surface area contributed by atoms with Gasteiger partial charge in [-0.15, -0.1) is 6.42 Å². The molecule has 0 bridgehead atoms. The van der Waals surface area contributed by atoms with E-state index in [1.54, 1.807) is 24.3 Å². The Kier molecular flexibility index (Phi) is 6.03. The number of aromatic nitrogens is 2. The molecule has 0 spiro atoms. The molecule has 8 heteroatoms. The number of piperazine rings is 1. The van der Waals surface area contributed by atoms with Crippen molar-refractivity contribution in [3.8, 4) is 23.5 Å². The van der Waals surface area contributed by atoms with Gasteiger partial charge in [-0.3, -0.25) is 4.90 Å². The maximum Gasteiger partial charge on any atom is 0.142 e. The van der Waals surface area contributed by atoms with E-state index in [2.05, 4.69) is 25.7 Å². The lowest BCUT2D eigenvalue weighted by molar-refractivity contribution is 0.223. The molecule has 31 heavy (non-hydrogen) atoms. The average Bonchev–Trinajstić information content (AvgIpc) is 2.78. The summed E-state index contributed by atoms with van der Waals surface area (Å²) in [5, 5.41) is 0.0526. The molecule has 1 aromatic heterocycles. The van der Waals surface area contributed by atoms with Crippen LogP contribution in [-0.2, 0) is 0 Å². The Morgan fingerprint density at radius 2 is 1.74 bits per heavy atom. The van der Waals surface area contributed by atoms with Crippen LogP contribution in [0.15, 0.2) is 48.8 Å². The quantitative estimate of drug-likeness (QED) is 0.619. The minimum atomic E-state index is -0.472. The Morgan fingerprint density at radius 1 is 1.03 bits per heavy atom. The molecule has 0 saturated carbocycles. The molecule has 0 aliphatic carbocycles. The molecule has 5 nitrogen and oxygen atoms in total. The number of hydrogen-bond acceptors (Lipinski definition) is 5. The molecule has 1 aliphatic heterocycles. The number of nitrogens with zero attached hydrogens (tertiary/aromatic N) is 4. The van der Waals surface area contributed by atoms with Gasteiger partial charge in [0.05, 0.1) is 16.6 Å². The van der Waals surface area contributed by atoms with Crippen LogP contribution in [0, 0.1) is 24.0 Å². The maximum atomic E-state index is 13.5. The number of benzene rings is 2. The van der Waals surface area contributed by atoms with E-state index in [0.29, 0.717) is 43.4 Å². The van der Waals surface area contributed by atoms with Crippen LogP contribution in [0.4, 0.5) is 20.4 Å². The zero-order valence-corrected chi connectivity index (χ0v) is 17.4. The summed E-state index contributed by atoms with van der Waals surface area (Å²) in [6.45, 7) is 2.63. The summed E-state index contributed by atoms with van der Waals surface area (Å²) in [5.41, 5.74) is 8.35. The third kappa shape index (κ3) is 4.31. The third-order valence-corrected chi connectivity index (χ3v) is 5.68. The molecule has 3 aromatic rings. The molecule has 2 heterocycles. The van der Waals surface area contributed by atoms with Gasteiger partial charge in [-0.2, -0.15) is 0 Å². The Balaban J connectivity index is 1.55. The van der Waals surface area contributed by atoms with Gasteiger partial charge in [0, 0.05) is 26.2 Å². The Hall–Kier alpha value is -3.21. The molecular formula is C23H20ClF2N5.